The zero-order valence-corrected chi connectivity index (χ0v) is 11.7. The van der Waals surface area contributed by atoms with Crippen LogP contribution in [0.4, 0.5) is 13.2 Å². The number of amides is 1. The standard InChI is InChI=1S/C11H17F3INO/c12-11(13,14)9-4-2-8(3-5-9)10(17)16-7-1-6-15/h8-9H,1-7H2,(H,16,17). The Kier molecular flexibility index (Phi) is 6.02. The molecule has 0 radical (unpaired) electrons. The molecule has 0 aliphatic heterocycles. The maximum Gasteiger partial charge on any atom is 0.391 e. The lowest BCUT2D eigenvalue weighted by atomic mass is 9.81. The number of nitrogens with one attached hydrogen (secondary N) is 1. The SMILES string of the molecule is O=C(NCCCI)C1CCC(C(F)(F)F)CC1. The molecular weight excluding hydrogens is 346 g/mol. The van der Waals surface area contributed by atoms with E-state index in [0.717, 1.165) is 10.8 Å². The lowest BCUT2D eigenvalue weighted by Crippen LogP contribution is -2.36. The van der Waals surface area contributed by atoms with Crippen LogP contribution in [0.15, 0.2) is 0 Å². The highest BCUT2D eigenvalue weighted by molar-refractivity contribution is 14.1. The number of carbonyl (C=O) groups is 1. The molecule has 1 aliphatic rings. The van der Waals surface area contributed by atoms with Gasteiger partial charge in [0.15, 0.2) is 0 Å². The highest BCUT2D eigenvalue weighted by atomic mass is 127. The number of alkyl halides is 4. The van der Waals surface area contributed by atoms with Crippen LogP contribution in [0.5, 0.6) is 0 Å². The van der Waals surface area contributed by atoms with Gasteiger partial charge in [-0.25, -0.2) is 0 Å². The van der Waals surface area contributed by atoms with E-state index in [1.165, 1.54) is 0 Å². The Morgan fingerprint density at radius 1 is 1.24 bits per heavy atom. The Hall–Kier alpha value is -0.0100. The molecule has 100 valence electrons. The van der Waals surface area contributed by atoms with Crippen LogP contribution in [0.1, 0.15) is 32.1 Å². The fourth-order valence-corrected chi connectivity index (χ4v) is 2.49. The van der Waals surface area contributed by atoms with Gasteiger partial charge in [-0.05, 0) is 32.1 Å². The van der Waals surface area contributed by atoms with Gasteiger partial charge in [-0.1, -0.05) is 22.6 Å². The van der Waals surface area contributed by atoms with Gasteiger partial charge >= 0.3 is 6.18 Å². The largest absolute Gasteiger partial charge is 0.391 e. The molecule has 0 aromatic heterocycles. The van der Waals surface area contributed by atoms with Crippen molar-refractivity contribution < 1.29 is 18.0 Å². The summed E-state index contributed by atoms with van der Waals surface area (Å²) in [5.41, 5.74) is 0. The van der Waals surface area contributed by atoms with Crippen LogP contribution in [0, 0.1) is 11.8 Å². The number of rotatable bonds is 4. The van der Waals surface area contributed by atoms with E-state index in [-0.39, 0.29) is 24.7 Å². The van der Waals surface area contributed by atoms with Gasteiger partial charge in [0.05, 0.1) is 5.92 Å². The van der Waals surface area contributed by atoms with Gasteiger partial charge in [0.1, 0.15) is 0 Å². The van der Waals surface area contributed by atoms with Gasteiger partial charge in [-0.3, -0.25) is 4.79 Å². The average Bonchev–Trinajstić information content (AvgIpc) is 2.28. The molecule has 1 rings (SSSR count). The zero-order chi connectivity index (χ0) is 12.9. The highest BCUT2D eigenvalue weighted by Crippen LogP contribution is 2.39. The summed E-state index contributed by atoms with van der Waals surface area (Å²) in [4.78, 5) is 11.6. The quantitative estimate of drug-likeness (QED) is 0.464. The maximum atomic E-state index is 12.4. The Bertz CT molecular complexity index is 250. The van der Waals surface area contributed by atoms with Crippen molar-refractivity contribution in [2.45, 2.75) is 38.3 Å². The molecule has 0 spiro atoms. The first kappa shape index (κ1) is 15.0. The molecule has 6 heteroatoms. The van der Waals surface area contributed by atoms with Crippen LogP contribution in [0.2, 0.25) is 0 Å². The molecule has 0 unspecified atom stereocenters. The predicted octanol–water partition coefficient (Wildman–Crippen LogP) is 3.30. The second kappa shape index (κ2) is 6.80. The third-order valence-electron chi connectivity index (χ3n) is 3.17. The normalized spacial score (nSPS) is 25.6. The number of hydrogen-bond donors (Lipinski definition) is 1. The molecule has 0 saturated heterocycles. The first-order chi connectivity index (χ1) is 7.95. The van der Waals surface area contributed by atoms with Gasteiger partial charge < -0.3 is 5.32 Å². The minimum absolute atomic E-state index is 0.0736. The van der Waals surface area contributed by atoms with E-state index in [2.05, 4.69) is 27.9 Å². The molecule has 1 fully saturated rings. The van der Waals surface area contributed by atoms with Gasteiger partial charge in [-0.15, -0.1) is 0 Å². The number of carbonyl (C=O) groups excluding carboxylic acids is 1. The molecule has 2 nitrogen and oxygen atoms in total. The van der Waals surface area contributed by atoms with Crippen LogP contribution in [0.3, 0.4) is 0 Å². The molecule has 1 amide bonds. The number of halogens is 4. The van der Waals surface area contributed by atoms with Gasteiger partial charge in [0.25, 0.3) is 0 Å². The van der Waals surface area contributed by atoms with E-state index >= 15 is 0 Å². The van der Waals surface area contributed by atoms with Crippen LogP contribution in [0.25, 0.3) is 0 Å². The summed E-state index contributed by atoms with van der Waals surface area (Å²) >= 11 is 2.22. The van der Waals surface area contributed by atoms with Crippen molar-refractivity contribution in [3.8, 4) is 0 Å². The average molecular weight is 363 g/mol. The first-order valence-electron chi connectivity index (χ1n) is 5.85. The molecule has 0 aromatic rings. The van der Waals surface area contributed by atoms with Crippen molar-refractivity contribution in [2.75, 3.05) is 11.0 Å². The minimum Gasteiger partial charge on any atom is -0.356 e. The zero-order valence-electron chi connectivity index (χ0n) is 9.52. The summed E-state index contributed by atoms with van der Waals surface area (Å²) < 4.78 is 38.2. The van der Waals surface area contributed by atoms with E-state index in [1.54, 1.807) is 0 Å². The third-order valence-corrected chi connectivity index (χ3v) is 3.93. The Morgan fingerprint density at radius 2 is 1.82 bits per heavy atom. The minimum atomic E-state index is -4.09. The fourth-order valence-electron chi connectivity index (χ4n) is 2.11. The van der Waals surface area contributed by atoms with Crippen molar-refractivity contribution in [3.05, 3.63) is 0 Å². The molecule has 1 N–H and O–H groups in total. The fraction of sp³-hybridized carbons (Fsp3) is 0.909. The highest BCUT2D eigenvalue weighted by Gasteiger charge is 2.42. The van der Waals surface area contributed by atoms with Crippen molar-refractivity contribution in [3.63, 3.8) is 0 Å². The van der Waals surface area contributed by atoms with E-state index in [9.17, 15) is 18.0 Å². The third kappa shape index (κ3) is 5.01. The van der Waals surface area contributed by atoms with Crippen molar-refractivity contribution in [1.29, 1.82) is 0 Å². The molecule has 0 heterocycles. The summed E-state index contributed by atoms with van der Waals surface area (Å²) in [7, 11) is 0. The topological polar surface area (TPSA) is 29.1 Å². The number of hydrogen-bond acceptors (Lipinski definition) is 1. The monoisotopic (exact) mass is 363 g/mol. The molecule has 1 saturated carbocycles. The second-order valence-corrected chi connectivity index (χ2v) is 5.50. The van der Waals surface area contributed by atoms with Gasteiger partial charge in [0.2, 0.25) is 5.91 Å². The second-order valence-electron chi connectivity index (χ2n) is 4.42. The first-order valence-corrected chi connectivity index (χ1v) is 7.38. The van der Waals surface area contributed by atoms with Crippen molar-refractivity contribution in [2.24, 2.45) is 11.8 Å². The van der Waals surface area contributed by atoms with Crippen LogP contribution in [-0.2, 0) is 4.79 Å². The van der Waals surface area contributed by atoms with E-state index in [4.69, 9.17) is 0 Å². The summed E-state index contributed by atoms with van der Waals surface area (Å²) in [6.07, 6.45) is -2.28. The summed E-state index contributed by atoms with van der Waals surface area (Å²) in [5, 5.41) is 2.78. The van der Waals surface area contributed by atoms with E-state index < -0.39 is 12.1 Å². The van der Waals surface area contributed by atoms with Crippen molar-refractivity contribution in [1.82, 2.24) is 5.32 Å². The molecule has 17 heavy (non-hydrogen) atoms. The maximum absolute atomic E-state index is 12.4. The predicted molar refractivity (Wildman–Crippen MR) is 68.0 cm³/mol. The van der Waals surface area contributed by atoms with Gasteiger partial charge in [0, 0.05) is 16.9 Å². The van der Waals surface area contributed by atoms with E-state index in [0.29, 0.717) is 19.4 Å². The molecule has 0 aromatic carbocycles. The van der Waals surface area contributed by atoms with Crippen molar-refractivity contribution >= 4 is 28.5 Å². The molecule has 0 atom stereocenters. The Morgan fingerprint density at radius 3 is 2.29 bits per heavy atom. The van der Waals surface area contributed by atoms with Crippen LogP contribution in [-0.4, -0.2) is 23.1 Å². The Labute approximate surface area is 113 Å². The van der Waals surface area contributed by atoms with Crippen LogP contribution >= 0.6 is 22.6 Å². The van der Waals surface area contributed by atoms with Crippen LogP contribution < -0.4 is 5.32 Å². The smallest absolute Gasteiger partial charge is 0.356 e. The Balaban J connectivity index is 2.29. The molecule has 1 aliphatic carbocycles. The lowest BCUT2D eigenvalue weighted by molar-refractivity contribution is -0.184. The molecule has 0 bridgehead atoms. The van der Waals surface area contributed by atoms with E-state index in [1.807, 2.05) is 0 Å². The summed E-state index contributed by atoms with van der Waals surface area (Å²) in [6, 6.07) is 0. The van der Waals surface area contributed by atoms with Gasteiger partial charge in [-0.2, -0.15) is 13.2 Å². The summed E-state index contributed by atoms with van der Waals surface area (Å²) in [5.74, 6) is -1.50. The summed E-state index contributed by atoms with van der Waals surface area (Å²) in [6.45, 7) is 0.626. The lowest BCUT2D eigenvalue weighted by Gasteiger charge is -2.29. The molecular formula is C11H17F3INO.